The largest absolute Gasteiger partial charge is 0.355 e. The number of pyridine rings is 1. The summed E-state index contributed by atoms with van der Waals surface area (Å²) in [5.74, 6) is 1.03. The highest BCUT2D eigenvalue weighted by molar-refractivity contribution is 5.59. The minimum absolute atomic E-state index is 0.506. The highest BCUT2D eigenvalue weighted by atomic mass is 15.3. The minimum atomic E-state index is 0.506. The molecule has 1 aliphatic carbocycles. The van der Waals surface area contributed by atoms with Gasteiger partial charge in [-0.25, -0.2) is 0 Å². The first kappa shape index (κ1) is 16.2. The van der Waals surface area contributed by atoms with Crippen LogP contribution in [0.2, 0.25) is 0 Å². The number of piperidine rings is 1. The van der Waals surface area contributed by atoms with E-state index in [2.05, 4.69) is 37.1 Å². The van der Waals surface area contributed by atoms with Crippen molar-refractivity contribution in [3.63, 3.8) is 0 Å². The van der Waals surface area contributed by atoms with E-state index in [0.29, 0.717) is 5.41 Å². The number of hydrogen-bond donors (Lipinski definition) is 0. The van der Waals surface area contributed by atoms with Crippen molar-refractivity contribution >= 4 is 5.82 Å². The molecule has 5 heteroatoms. The first-order chi connectivity index (χ1) is 12.8. The first-order valence-corrected chi connectivity index (χ1v) is 10.0. The Hall–Kier alpha value is -2.01. The lowest BCUT2D eigenvalue weighted by molar-refractivity contribution is 0.0524. The zero-order valence-electron chi connectivity index (χ0n) is 15.3. The lowest BCUT2D eigenvalue weighted by Crippen LogP contribution is -2.48. The normalized spacial score (nSPS) is 23.3. The zero-order valence-corrected chi connectivity index (χ0v) is 15.3. The average molecular weight is 349 g/mol. The molecule has 136 valence electrons. The number of aromatic nitrogens is 3. The third-order valence-electron chi connectivity index (χ3n) is 6.84. The van der Waals surface area contributed by atoms with Gasteiger partial charge in [0.25, 0.3) is 0 Å². The third kappa shape index (κ3) is 2.98. The Bertz CT molecular complexity index is 733. The summed E-state index contributed by atoms with van der Waals surface area (Å²) in [4.78, 5) is 9.26. The van der Waals surface area contributed by atoms with Crippen molar-refractivity contribution in [1.29, 1.82) is 0 Å². The van der Waals surface area contributed by atoms with Gasteiger partial charge in [0.1, 0.15) is 0 Å². The van der Waals surface area contributed by atoms with Crippen LogP contribution in [-0.4, -0.2) is 52.3 Å². The number of rotatable bonds is 3. The van der Waals surface area contributed by atoms with Gasteiger partial charge in [0.2, 0.25) is 0 Å². The van der Waals surface area contributed by atoms with Crippen LogP contribution < -0.4 is 4.90 Å². The second-order valence-electron chi connectivity index (χ2n) is 8.30. The quantitative estimate of drug-likeness (QED) is 0.850. The number of anilines is 1. The van der Waals surface area contributed by atoms with E-state index in [9.17, 15) is 0 Å². The van der Waals surface area contributed by atoms with Crippen molar-refractivity contribution in [2.45, 2.75) is 44.6 Å². The number of hydrogen-bond acceptors (Lipinski definition) is 5. The maximum atomic E-state index is 4.53. The Balaban J connectivity index is 1.23. The molecule has 3 fully saturated rings. The minimum Gasteiger partial charge on any atom is -0.355 e. The first-order valence-electron chi connectivity index (χ1n) is 10.0. The molecule has 2 aromatic rings. The van der Waals surface area contributed by atoms with Gasteiger partial charge in [-0.15, -0.1) is 10.2 Å². The Morgan fingerprint density at radius 1 is 0.885 bits per heavy atom. The molecule has 0 unspecified atom stereocenters. The third-order valence-corrected chi connectivity index (χ3v) is 6.84. The van der Waals surface area contributed by atoms with E-state index in [4.69, 9.17) is 0 Å². The molecule has 0 aromatic carbocycles. The van der Waals surface area contributed by atoms with Crippen molar-refractivity contribution in [2.75, 3.05) is 31.1 Å². The summed E-state index contributed by atoms with van der Waals surface area (Å²) in [7, 11) is 0. The lowest BCUT2D eigenvalue weighted by Gasteiger charge is -2.45. The van der Waals surface area contributed by atoms with Gasteiger partial charge < -0.3 is 9.80 Å². The van der Waals surface area contributed by atoms with E-state index in [1.165, 1.54) is 51.6 Å². The van der Waals surface area contributed by atoms with Crippen LogP contribution in [0.5, 0.6) is 0 Å². The molecule has 2 saturated heterocycles. The summed E-state index contributed by atoms with van der Waals surface area (Å²) < 4.78 is 0. The summed E-state index contributed by atoms with van der Waals surface area (Å²) >= 11 is 0. The van der Waals surface area contributed by atoms with Crippen molar-refractivity contribution in [3.05, 3.63) is 36.7 Å². The van der Waals surface area contributed by atoms with E-state index in [1.807, 2.05) is 12.1 Å². The van der Waals surface area contributed by atoms with Crippen LogP contribution >= 0.6 is 0 Å². The van der Waals surface area contributed by atoms with Gasteiger partial charge in [0, 0.05) is 37.1 Å². The molecule has 0 atom stereocenters. The van der Waals surface area contributed by atoms with Crippen LogP contribution in [0.25, 0.3) is 11.3 Å². The predicted octanol–water partition coefficient (Wildman–Crippen LogP) is 3.38. The Kier molecular flexibility index (Phi) is 4.12. The fraction of sp³-hybridized carbons (Fsp3) is 0.571. The monoisotopic (exact) mass is 349 g/mol. The van der Waals surface area contributed by atoms with Crippen LogP contribution in [0, 0.1) is 5.41 Å². The standard InChI is InChI=1S/C21H27N5/c1-2-18(3-1)25-13-8-21(9-14-25)10-15-26(16-21)20-5-4-19(23-24-20)17-6-11-22-12-7-17/h4-7,11-12,18H,1-3,8-10,13-16H2. The summed E-state index contributed by atoms with van der Waals surface area (Å²) in [6.45, 7) is 4.86. The van der Waals surface area contributed by atoms with Crippen molar-refractivity contribution < 1.29 is 0 Å². The maximum absolute atomic E-state index is 4.53. The highest BCUT2D eigenvalue weighted by Crippen LogP contribution is 2.43. The topological polar surface area (TPSA) is 45.2 Å². The van der Waals surface area contributed by atoms with E-state index < -0.39 is 0 Å². The van der Waals surface area contributed by atoms with Crippen LogP contribution in [0.1, 0.15) is 38.5 Å². The number of likely N-dealkylation sites (tertiary alicyclic amines) is 1. The molecule has 5 nitrogen and oxygen atoms in total. The van der Waals surface area contributed by atoms with Crippen LogP contribution in [0.15, 0.2) is 36.7 Å². The smallest absolute Gasteiger partial charge is 0.151 e. The molecule has 3 aliphatic rings. The maximum Gasteiger partial charge on any atom is 0.151 e. The van der Waals surface area contributed by atoms with Crippen molar-refractivity contribution in [2.24, 2.45) is 5.41 Å². The average Bonchev–Trinajstić information content (AvgIpc) is 3.07. The molecule has 1 spiro atoms. The van der Waals surface area contributed by atoms with Gasteiger partial charge in [-0.05, 0) is 74.9 Å². The van der Waals surface area contributed by atoms with E-state index in [1.54, 1.807) is 12.4 Å². The molecule has 0 amide bonds. The SMILES string of the molecule is c1cc(-c2ccc(N3CCC4(CCN(C5CCC5)CC4)C3)nn2)ccn1. The van der Waals surface area contributed by atoms with Gasteiger partial charge in [0.05, 0.1) is 5.69 Å². The lowest BCUT2D eigenvalue weighted by atomic mass is 9.76. The molecule has 2 aromatic heterocycles. The zero-order chi connectivity index (χ0) is 17.4. The van der Waals surface area contributed by atoms with Crippen LogP contribution in [-0.2, 0) is 0 Å². The molecule has 0 radical (unpaired) electrons. The van der Waals surface area contributed by atoms with Gasteiger partial charge in [0.15, 0.2) is 5.82 Å². The van der Waals surface area contributed by atoms with Crippen LogP contribution in [0.4, 0.5) is 5.82 Å². The Labute approximate surface area is 155 Å². The summed E-state index contributed by atoms with van der Waals surface area (Å²) in [6.07, 6.45) is 11.9. The molecular weight excluding hydrogens is 322 g/mol. The molecule has 1 saturated carbocycles. The van der Waals surface area contributed by atoms with E-state index >= 15 is 0 Å². The van der Waals surface area contributed by atoms with E-state index in [-0.39, 0.29) is 0 Å². The van der Waals surface area contributed by atoms with Gasteiger partial charge in [-0.3, -0.25) is 4.98 Å². The molecule has 5 rings (SSSR count). The van der Waals surface area contributed by atoms with E-state index in [0.717, 1.165) is 36.2 Å². The predicted molar refractivity (Wildman–Crippen MR) is 103 cm³/mol. The molecule has 26 heavy (non-hydrogen) atoms. The fourth-order valence-corrected chi connectivity index (χ4v) is 4.82. The van der Waals surface area contributed by atoms with Crippen LogP contribution in [0.3, 0.4) is 0 Å². The molecule has 4 heterocycles. The summed E-state index contributed by atoms with van der Waals surface area (Å²) in [6, 6.07) is 9.07. The van der Waals surface area contributed by atoms with Gasteiger partial charge in [-0.2, -0.15) is 0 Å². The molecule has 2 aliphatic heterocycles. The second-order valence-corrected chi connectivity index (χ2v) is 8.30. The highest BCUT2D eigenvalue weighted by Gasteiger charge is 2.42. The van der Waals surface area contributed by atoms with Gasteiger partial charge in [-0.1, -0.05) is 6.42 Å². The van der Waals surface area contributed by atoms with Gasteiger partial charge >= 0.3 is 0 Å². The Morgan fingerprint density at radius 3 is 2.31 bits per heavy atom. The molecular formula is C21H27N5. The van der Waals surface area contributed by atoms with Crippen molar-refractivity contribution in [3.8, 4) is 11.3 Å². The summed E-state index contributed by atoms with van der Waals surface area (Å²) in [5, 5.41) is 8.98. The fourth-order valence-electron chi connectivity index (χ4n) is 4.82. The molecule has 0 N–H and O–H groups in total. The second kappa shape index (κ2) is 6.62. The summed E-state index contributed by atoms with van der Waals surface area (Å²) in [5.41, 5.74) is 2.49. The molecule has 0 bridgehead atoms. The van der Waals surface area contributed by atoms with Crippen molar-refractivity contribution in [1.82, 2.24) is 20.1 Å². The number of nitrogens with zero attached hydrogens (tertiary/aromatic N) is 5. The Morgan fingerprint density at radius 2 is 1.65 bits per heavy atom.